The molecule has 0 aromatic heterocycles. The topological polar surface area (TPSA) is 52.4 Å². The zero-order chi connectivity index (χ0) is 9.68. The summed E-state index contributed by atoms with van der Waals surface area (Å²) in [7, 11) is 0. The van der Waals surface area contributed by atoms with Crippen LogP contribution in [0.2, 0.25) is 0 Å². The zero-order valence-corrected chi connectivity index (χ0v) is 7.10. The molecule has 0 heterocycles. The van der Waals surface area contributed by atoms with Crippen molar-refractivity contribution in [2.24, 2.45) is 0 Å². The maximum Gasteiger partial charge on any atom is 0.294 e. The Labute approximate surface area is 76.2 Å². The predicted octanol–water partition coefficient (Wildman–Crippen LogP) is 1.62. The van der Waals surface area contributed by atoms with Crippen molar-refractivity contribution in [1.82, 2.24) is 0 Å². The molecule has 4 heteroatoms. The van der Waals surface area contributed by atoms with Gasteiger partial charge in [-0.2, -0.15) is 0 Å². The van der Waals surface area contributed by atoms with E-state index >= 15 is 0 Å². The standard InChI is InChI=1S/C9H10NO3/c1-8-2-4-9(5-3-8)6-7-13-10(11)12/h2-5H,1,6-7H2. The van der Waals surface area contributed by atoms with Crippen LogP contribution < -0.4 is 0 Å². The molecule has 0 aliphatic rings. The highest BCUT2D eigenvalue weighted by Gasteiger charge is 1.96. The Kier molecular flexibility index (Phi) is 3.25. The molecule has 0 N–H and O–H groups in total. The summed E-state index contributed by atoms with van der Waals surface area (Å²) in [6.45, 7) is 3.83. The summed E-state index contributed by atoms with van der Waals surface area (Å²) >= 11 is 0. The van der Waals surface area contributed by atoms with Crippen LogP contribution >= 0.6 is 0 Å². The monoisotopic (exact) mass is 180 g/mol. The summed E-state index contributed by atoms with van der Waals surface area (Å²) in [5, 5.41) is 9.03. The fourth-order valence-electron chi connectivity index (χ4n) is 0.944. The van der Waals surface area contributed by atoms with Crippen LogP contribution in [0.15, 0.2) is 24.3 Å². The van der Waals surface area contributed by atoms with Gasteiger partial charge in [-0.3, -0.25) is 0 Å². The summed E-state index contributed by atoms with van der Waals surface area (Å²) in [5.74, 6) is 0. The summed E-state index contributed by atoms with van der Waals surface area (Å²) < 4.78 is 0. The minimum Gasteiger partial charge on any atom is -0.314 e. The van der Waals surface area contributed by atoms with Crippen molar-refractivity contribution >= 4 is 0 Å². The van der Waals surface area contributed by atoms with Gasteiger partial charge in [-0.05, 0) is 24.5 Å². The molecule has 0 saturated carbocycles. The van der Waals surface area contributed by atoms with Crippen molar-refractivity contribution in [2.45, 2.75) is 6.42 Å². The summed E-state index contributed by atoms with van der Waals surface area (Å²) in [6, 6.07) is 7.49. The van der Waals surface area contributed by atoms with Gasteiger partial charge in [0.25, 0.3) is 5.09 Å². The lowest BCUT2D eigenvalue weighted by Crippen LogP contribution is -2.04. The van der Waals surface area contributed by atoms with E-state index in [9.17, 15) is 10.1 Å². The first kappa shape index (κ1) is 9.51. The molecule has 0 aliphatic carbocycles. The maximum absolute atomic E-state index is 9.82. The highest BCUT2D eigenvalue weighted by Crippen LogP contribution is 2.03. The van der Waals surface area contributed by atoms with Gasteiger partial charge in [-0.25, -0.2) is 0 Å². The molecule has 0 saturated heterocycles. The highest BCUT2D eigenvalue weighted by molar-refractivity contribution is 5.24. The second-order valence-corrected chi connectivity index (χ2v) is 2.62. The summed E-state index contributed by atoms with van der Waals surface area (Å²) in [4.78, 5) is 14.0. The Morgan fingerprint density at radius 3 is 2.54 bits per heavy atom. The van der Waals surface area contributed by atoms with Crippen LogP contribution in [0.5, 0.6) is 0 Å². The van der Waals surface area contributed by atoms with Gasteiger partial charge < -0.3 is 4.84 Å². The molecule has 0 aliphatic heterocycles. The number of hydrogen-bond donors (Lipinski definition) is 0. The molecule has 13 heavy (non-hydrogen) atoms. The first-order valence-corrected chi connectivity index (χ1v) is 3.86. The van der Waals surface area contributed by atoms with Gasteiger partial charge in [-0.15, -0.1) is 10.1 Å². The smallest absolute Gasteiger partial charge is 0.294 e. The number of nitrogens with zero attached hydrogens (tertiary/aromatic N) is 1. The fourth-order valence-corrected chi connectivity index (χ4v) is 0.944. The van der Waals surface area contributed by atoms with Crippen molar-refractivity contribution in [1.29, 1.82) is 0 Å². The van der Waals surface area contributed by atoms with E-state index in [2.05, 4.69) is 11.8 Å². The van der Waals surface area contributed by atoms with E-state index in [1.807, 2.05) is 24.3 Å². The van der Waals surface area contributed by atoms with Crippen molar-refractivity contribution < 1.29 is 9.92 Å². The molecule has 1 radical (unpaired) electrons. The third kappa shape index (κ3) is 3.55. The van der Waals surface area contributed by atoms with Gasteiger partial charge in [-0.1, -0.05) is 24.3 Å². The first-order chi connectivity index (χ1) is 6.18. The quantitative estimate of drug-likeness (QED) is 0.522. The van der Waals surface area contributed by atoms with E-state index in [0.29, 0.717) is 6.42 Å². The summed E-state index contributed by atoms with van der Waals surface area (Å²) in [5.41, 5.74) is 1.94. The molecule has 0 unspecified atom stereocenters. The van der Waals surface area contributed by atoms with Gasteiger partial charge in [0.15, 0.2) is 0 Å². The molecular weight excluding hydrogens is 170 g/mol. The SMILES string of the molecule is [CH2]c1ccc(CCO[N+](=O)[O-])cc1. The average molecular weight is 180 g/mol. The second-order valence-electron chi connectivity index (χ2n) is 2.62. The Morgan fingerprint density at radius 1 is 1.38 bits per heavy atom. The number of hydrogen-bond acceptors (Lipinski definition) is 3. The van der Waals surface area contributed by atoms with Crippen LogP contribution in [0.1, 0.15) is 11.1 Å². The van der Waals surface area contributed by atoms with Crippen molar-refractivity contribution in [3.63, 3.8) is 0 Å². The van der Waals surface area contributed by atoms with Crippen molar-refractivity contribution in [3.05, 3.63) is 52.4 Å². The van der Waals surface area contributed by atoms with E-state index in [1.165, 1.54) is 0 Å². The van der Waals surface area contributed by atoms with E-state index in [1.54, 1.807) is 0 Å². The maximum atomic E-state index is 9.82. The molecule has 1 rings (SSSR count). The minimum atomic E-state index is -0.782. The lowest BCUT2D eigenvalue weighted by Gasteiger charge is -2.00. The van der Waals surface area contributed by atoms with Crippen LogP contribution in [0.3, 0.4) is 0 Å². The van der Waals surface area contributed by atoms with Crippen LogP contribution in [-0.2, 0) is 11.3 Å². The van der Waals surface area contributed by atoms with E-state index < -0.39 is 5.09 Å². The first-order valence-electron chi connectivity index (χ1n) is 3.86. The van der Waals surface area contributed by atoms with Gasteiger partial charge in [0.05, 0.1) is 0 Å². The largest absolute Gasteiger partial charge is 0.314 e. The van der Waals surface area contributed by atoms with Gasteiger partial charge in [0.2, 0.25) is 0 Å². The summed E-state index contributed by atoms with van der Waals surface area (Å²) in [6.07, 6.45) is 0.543. The third-order valence-corrected chi connectivity index (χ3v) is 1.61. The molecule has 69 valence electrons. The van der Waals surface area contributed by atoms with Crippen molar-refractivity contribution in [3.8, 4) is 0 Å². The normalized spacial score (nSPS) is 9.62. The van der Waals surface area contributed by atoms with Crippen LogP contribution in [0.25, 0.3) is 0 Å². The Bertz CT molecular complexity index is 281. The minimum absolute atomic E-state index is 0.101. The van der Waals surface area contributed by atoms with Gasteiger partial charge in [0, 0.05) is 0 Å². The predicted molar refractivity (Wildman–Crippen MR) is 47.6 cm³/mol. The average Bonchev–Trinajstić information content (AvgIpc) is 2.08. The highest BCUT2D eigenvalue weighted by atomic mass is 16.9. The Balaban J connectivity index is 2.37. The molecular formula is C9H10NO3. The fraction of sp³-hybridized carbons (Fsp3) is 0.222. The van der Waals surface area contributed by atoms with Crippen molar-refractivity contribution in [2.75, 3.05) is 6.61 Å². The molecule has 1 aromatic rings. The number of benzene rings is 1. The molecule has 0 fully saturated rings. The number of rotatable bonds is 4. The van der Waals surface area contributed by atoms with Crippen LogP contribution in [0.4, 0.5) is 0 Å². The van der Waals surface area contributed by atoms with Crippen LogP contribution in [0, 0.1) is 17.0 Å². The lowest BCUT2D eigenvalue weighted by molar-refractivity contribution is -0.757. The zero-order valence-electron chi connectivity index (χ0n) is 7.10. The van der Waals surface area contributed by atoms with Gasteiger partial charge >= 0.3 is 0 Å². The molecule has 1 aromatic carbocycles. The van der Waals surface area contributed by atoms with E-state index in [0.717, 1.165) is 11.1 Å². The molecule has 0 atom stereocenters. The van der Waals surface area contributed by atoms with E-state index in [-0.39, 0.29) is 6.61 Å². The van der Waals surface area contributed by atoms with E-state index in [4.69, 9.17) is 0 Å². The molecule has 0 bridgehead atoms. The molecule has 0 amide bonds. The van der Waals surface area contributed by atoms with Crippen LogP contribution in [-0.4, -0.2) is 11.7 Å². The Morgan fingerprint density at radius 2 is 2.00 bits per heavy atom. The second kappa shape index (κ2) is 4.45. The van der Waals surface area contributed by atoms with Gasteiger partial charge in [0.1, 0.15) is 6.61 Å². The Hall–Kier alpha value is -1.58. The lowest BCUT2D eigenvalue weighted by atomic mass is 10.1. The molecule has 4 nitrogen and oxygen atoms in total. The molecule has 0 spiro atoms. The third-order valence-electron chi connectivity index (χ3n) is 1.61.